The third-order valence-electron chi connectivity index (χ3n) is 2.93. The number of anilines is 2. The van der Waals surface area contributed by atoms with Gasteiger partial charge in [-0.3, -0.25) is 4.79 Å². The lowest BCUT2D eigenvalue weighted by Crippen LogP contribution is -2.36. The summed E-state index contributed by atoms with van der Waals surface area (Å²) in [7, 11) is 0. The van der Waals surface area contributed by atoms with Crippen LogP contribution in [0.2, 0.25) is 0 Å². The van der Waals surface area contributed by atoms with E-state index in [9.17, 15) is 9.90 Å². The molecule has 1 aliphatic rings. The van der Waals surface area contributed by atoms with Crippen molar-refractivity contribution in [3.8, 4) is 0 Å². The van der Waals surface area contributed by atoms with Crippen molar-refractivity contribution in [1.29, 1.82) is 0 Å². The molecule has 0 saturated heterocycles. The maximum Gasteiger partial charge on any atom is 0.246 e. The van der Waals surface area contributed by atoms with Crippen molar-refractivity contribution in [3.05, 3.63) is 29.5 Å². The summed E-state index contributed by atoms with van der Waals surface area (Å²) >= 11 is 0. The minimum atomic E-state index is -0.285. The predicted octanol–water partition coefficient (Wildman–Crippen LogP) is 1.94. The average Bonchev–Trinajstić information content (AvgIpc) is 2.40. The maximum atomic E-state index is 11.6. The first-order valence-corrected chi connectivity index (χ1v) is 6.29. The van der Waals surface area contributed by atoms with E-state index in [-0.39, 0.29) is 18.6 Å². The van der Waals surface area contributed by atoms with Gasteiger partial charge in [-0.2, -0.15) is 0 Å². The topological polar surface area (TPSA) is 70.6 Å². The average molecular weight is 262 g/mol. The lowest BCUT2D eigenvalue weighted by molar-refractivity contribution is -0.116. The van der Waals surface area contributed by atoms with Crippen LogP contribution in [0.25, 0.3) is 6.08 Å². The van der Waals surface area contributed by atoms with Crippen molar-refractivity contribution in [3.63, 3.8) is 0 Å². The van der Waals surface area contributed by atoms with Gasteiger partial charge >= 0.3 is 0 Å². The zero-order chi connectivity index (χ0) is 13.8. The van der Waals surface area contributed by atoms with Gasteiger partial charge in [-0.1, -0.05) is 0 Å². The van der Waals surface area contributed by atoms with Crippen LogP contribution >= 0.6 is 0 Å². The highest BCUT2D eigenvalue weighted by Gasteiger charge is 2.23. The minimum absolute atomic E-state index is 0.0752. The first-order valence-electron chi connectivity index (χ1n) is 6.29. The summed E-state index contributed by atoms with van der Waals surface area (Å²) in [6, 6.07) is 3.35. The molecule has 0 saturated carbocycles. The third-order valence-corrected chi connectivity index (χ3v) is 2.93. The monoisotopic (exact) mass is 262 g/mol. The van der Waals surface area contributed by atoms with E-state index in [1.165, 1.54) is 0 Å². The molecule has 0 spiro atoms. The van der Waals surface area contributed by atoms with Crippen molar-refractivity contribution in [2.45, 2.75) is 26.5 Å². The van der Waals surface area contributed by atoms with Crippen molar-refractivity contribution in [2.75, 3.05) is 17.2 Å². The Morgan fingerprint density at radius 1 is 1.47 bits per heavy atom. The fourth-order valence-electron chi connectivity index (χ4n) is 1.95. The molecule has 5 nitrogen and oxygen atoms in total. The molecule has 0 fully saturated rings. The predicted molar refractivity (Wildman–Crippen MR) is 74.7 cm³/mol. The second-order valence-corrected chi connectivity index (χ2v) is 4.38. The number of benzene rings is 1. The SMILES string of the molecule is CCO/C=C/c1cc(CO)cc2c1N[C@@H](C)C(=O)N2. The number of amides is 1. The van der Waals surface area contributed by atoms with Crippen LogP contribution in [0.5, 0.6) is 0 Å². The van der Waals surface area contributed by atoms with Gasteiger partial charge < -0.3 is 20.5 Å². The number of carbonyl (C=O) groups excluding carboxylic acids is 1. The molecular weight excluding hydrogens is 244 g/mol. The summed E-state index contributed by atoms with van der Waals surface area (Å²) in [6.45, 7) is 4.23. The molecule has 1 amide bonds. The molecule has 1 aliphatic heterocycles. The standard InChI is InChI=1S/C14H18N2O3/c1-3-19-5-4-11-6-10(8-17)7-12-13(11)15-9(2)14(18)16-12/h4-7,9,15,17H,3,8H2,1-2H3,(H,16,18)/b5-4+/t9-/m0/s1. The number of aliphatic hydroxyl groups excluding tert-OH is 1. The van der Waals surface area contributed by atoms with Gasteiger partial charge in [0.05, 0.1) is 30.9 Å². The Balaban J connectivity index is 2.41. The second-order valence-electron chi connectivity index (χ2n) is 4.38. The number of fused-ring (bicyclic) bond motifs is 1. The van der Waals surface area contributed by atoms with E-state index in [1.54, 1.807) is 19.3 Å². The zero-order valence-corrected chi connectivity index (χ0v) is 11.1. The van der Waals surface area contributed by atoms with Crippen molar-refractivity contribution >= 4 is 23.4 Å². The zero-order valence-electron chi connectivity index (χ0n) is 11.1. The van der Waals surface area contributed by atoms with Gasteiger partial charge in [0.25, 0.3) is 0 Å². The molecule has 1 aromatic carbocycles. The van der Waals surface area contributed by atoms with E-state index in [4.69, 9.17) is 4.74 Å². The largest absolute Gasteiger partial charge is 0.501 e. The first kappa shape index (κ1) is 13.4. The molecule has 102 valence electrons. The van der Waals surface area contributed by atoms with E-state index in [2.05, 4.69) is 10.6 Å². The van der Waals surface area contributed by atoms with E-state index in [0.717, 1.165) is 16.8 Å². The Morgan fingerprint density at radius 3 is 2.95 bits per heavy atom. The number of carbonyl (C=O) groups is 1. The molecule has 1 aromatic rings. The molecule has 1 heterocycles. The summed E-state index contributed by atoms with van der Waals surface area (Å²) in [5.74, 6) is -0.0812. The Bertz CT molecular complexity index is 512. The fraction of sp³-hybridized carbons (Fsp3) is 0.357. The van der Waals surface area contributed by atoms with Crippen LogP contribution in [0, 0.1) is 0 Å². The fourth-order valence-corrected chi connectivity index (χ4v) is 1.95. The van der Waals surface area contributed by atoms with E-state index in [0.29, 0.717) is 12.3 Å². The smallest absolute Gasteiger partial charge is 0.246 e. The van der Waals surface area contributed by atoms with Crippen LogP contribution in [0.4, 0.5) is 11.4 Å². The second kappa shape index (κ2) is 5.75. The van der Waals surface area contributed by atoms with Crippen LogP contribution in [-0.4, -0.2) is 23.7 Å². The van der Waals surface area contributed by atoms with Crippen molar-refractivity contribution in [2.24, 2.45) is 0 Å². The Hall–Kier alpha value is -2.01. The molecule has 0 unspecified atom stereocenters. The van der Waals surface area contributed by atoms with Gasteiger partial charge in [-0.05, 0) is 37.6 Å². The quantitative estimate of drug-likeness (QED) is 0.725. The summed E-state index contributed by atoms with van der Waals surface area (Å²) < 4.78 is 5.19. The third kappa shape index (κ3) is 2.88. The highest BCUT2D eigenvalue weighted by atomic mass is 16.5. The lowest BCUT2D eigenvalue weighted by Gasteiger charge is -2.26. The molecule has 2 rings (SSSR count). The highest BCUT2D eigenvalue weighted by molar-refractivity contribution is 6.04. The van der Waals surface area contributed by atoms with Gasteiger partial charge in [0.1, 0.15) is 6.04 Å². The number of hydrogen-bond acceptors (Lipinski definition) is 4. The van der Waals surface area contributed by atoms with Crippen LogP contribution < -0.4 is 10.6 Å². The van der Waals surface area contributed by atoms with E-state index < -0.39 is 0 Å². The van der Waals surface area contributed by atoms with E-state index >= 15 is 0 Å². The molecule has 5 heteroatoms. The first-order chi connectivity index (χ1) is 9.15. The van der Waals surface area contributed by atoms with Gasteiger partial charge in [0, 0.05) is 5.56 Å². The van der Waals surface area contributed by atoms with Gasteiger partial charge in [0.15, 0.2) is 0 Å². The van der Waals surface area contributed by atoms with Gasteiger partial charge in [-0.15, -0.1) is 0 Å². The number of aliphatic hydroxyl groups is 1. The molecular formula is C14H18N2O3. The Labute approximate surface area is 112 Å². The summed E-state index contributed by atoms with van der Waals surface area (Å²) in [5, 5.41) is 15.2. The summed E-state index contributed by atoms with van der Waals surface area (Å²) in [5.41, 5.74) is 3.15. The van der Waals surface area contributed by atoms with Crippen LogP contribution in [0.1, 0.15) is 25.0 Å². The highest BCUT2D eigenvalue weighted by Crippen LogP contribution is 2.33. The molecule has 0 aliphatic carbocycles. The minimum Gasteiger partial charge on any atom is -0.501 e. The number of ether oxygens (including phenoxy) is 1. The Kier molecular flexibility index (Phi) is 4.06. The summed E-state index contributed by atoms with van der Waals surface area (Å²) in [4.78, 5) is 11.6. The lowest BCUT2D eigenvalue weighted by atomic mass is 10.0. The molecule has 0 radical (unpaired) electrons. The molecule has 3 N–H and O–H groups in total. The van der Waals surface area contributed by atoms with Gasteiger partial charge in [0.2, 0.25) is 5.91 Å². The van der Waals surface area contributed by atoms with Crippen molar-refractivity contribution < 1.29 is 14.6 Å². The van der Waals surface area contributed by atoms with Crippen molar-refractivity contribution in [1.82, 2.24) is 0 Å². The van der Waals surface area contributed by atoms with E-state index in [1.807, 2.05) is 19.1 Å². The van der Waals surface area contributed by atoms with Gasteiger partial charge in [-0.25, -0.2) is 0 Å². The molecule has 1 atom stereocenters. The number of nitrogens with one attached hydrogen (secondary N) is 2. The Morgan fingerprint density at radius 2 is 2.26 bits per heavy atom. The molecule has 19 heavy (non-hydrogen) atoms. The van der Waals surface area contributed by atoms with Crippen LogP contribution in [0.3, 0.4) is 0 Å². The van der Waals surface area contributed by atoms with Crippen LogP contribution in [-0.2, 0) is 16.1 Å². The maximum absolute atomic E-state index is 11.6. The summed E-state index contributed by atoms with van der Waals surface area (Å²) in [6.07, 6.45) is 3.43. The normalized spacial score (nSPS) is 17.8. The number of hydrogen-bond donors (Lipinski definition) is 3. The molecule has 0 aromatic heterocycles. The molecule has 0 bridgehead atoms. The van der Waals surface area contributed by atoms with Crippen LogP contribution in [0.15, 0.2) is 18.4 Å². The number of rotatable bonds is 4.